The van der Waals surface area contributed by atoms with Crippen LogP contribution >= 0.6 is 11.5 Å². The molecule has 0 radical (unpaired) electrons. The van der Waals surface area contributed by atoms with Crippen LogP contribution in [0.25, 0.3) is 0 Å². The smallest absolute Gasteiger partial charge is 0.277 e. The van der Waals surface area contributed by atoms with E-state index in [-0.39, 0.29) is 5.91 Å². The standard InChI is InChI=1S/C13H15N3O2S/c1-2-3-8-18-11-6-4-10(5-7-11)14-13(17)12-9-19-16-15-12/h4-7,9H,2-3,8H2,1H3,(H,14,17). The summed E-state index contributed by atoms with van der Waals surface area (Å²) in [6, 6.07) is 7.28. The number of carbonyl (C=O) groups is 1. The topological polar surface area (TPSA) is 64.1 Å². The molecule has 1 aromatic heterocycles. The first-order valence-electron chi connectivity index (χ1n) is 6.11. The summed E-state index contributed by atoms with van der Waals surface area (Å²) in [5.74, 6) is 0.551. The highest BCUT2D eigenvalue weighted by Gasteiger charge is 2.08. The minimum atomic E-state index is -0.256. The van der Waals surface area contributed by atoms with Crippen LogP contribution in [0.4, 0.5) is 5.69 Å². The Morgan fingerprint density at radius 3 is 2.79 bits per heavy atom. The third-order valence-corrected chi connectivity index (χ3v) is 2.98. The number of ether oxygens (including phenoxy) is 1. The van der Waals surface area contributed by atoms with Gasteiger partial charge in [-0.3, -0.25) is 4.79 Å². The van der Waals surface area contributed by atoms with E-state index in [9.17, 15) is 4.79 Å². The molecule has 0 bridgehead atoms. The molecule has 19 heavy (non-hydrogen) atoms. The van der Waals surface area contributed by atoms with E-state index in [0.29, 0.717) is 18.0 Å². The molecule has 0 saturated heterocycles. The molecule has 0 unspecified atom stereocenters. The molecule has 0 fully saturated rings. The summed E-state index contributed by atoms with van der Waals surface area (Å²) >= 11 is 1.15. The van der Waals surface area contributed by atoms with Crippen LogP contribution in [-0.4, -0.2) is 22.1 Å². The fourth-order valence-corrected chi connectivity index (χ4v) is 1.86. The van der Waals surface area contributed by atoms with Crippen molar-refractivity contribution in [3.05, 3.63) is 35.3 Å². The van der Waals surface area contributed by atoms with Gasteiger partial charge in [-0.2, -0.15) is 0 Å². The van der Waals surface area contributed by atoms with Crippen LogP contribution < -0.4 is 10.1 Å². The van der Waals surface area contributed by atoms with Gasteiger partial charge in [-0.15, -0.1) is 5.10 Å². The minimum Gasteiger partial charge on any atom is -0.494 e. The SMILES string of the molecule is CCCCOc1ccc(NC(=O)c2csnn2)cc1. The van der Waals surface area contributed by atoms with Crippen molar-refractivity contribution < 1.29 is 9.53 Å². The summed E-state index contributed by atoms with van der Waals surface area (Å²) in [4.78, 5) is 11.7. The van der Waals surface area contributed by atoms with E-state index in [2.05, 4.69) is 21.8 Å². The molecule has 1 amide bonds. The molecule has 0 spiro atoms. The predicted octanol–water partition coefficient (Wildman–Crippen LogP) is 2.97. The van der Waals surface area contributed by atoms with Gasteiger partial charge in [0.05, 0.1) is 6.61 Å². The molecule has 1 N–H and O–H groups in total. The van der Waals surface area contributed by atoms with Gasteiger partial charge >= 0.3 is 0 Å². The zero-order valence-corrected chi connectivity index (χ0v) is 11.4. The Balaban J connectivity index is 1.90. The van der Waals surface area contributed by atoms with Gasteiger partial charge in [-0.25, -0.2) is 0 Å². The number of carbonyl (C=O) groups excluding carboxylic acids is 1. The van der Waals surface area contributed by atoms with Gasteiger partial charge in [0.25, 0.3) is 5.91 Å². The average molecular weight is 277 g/mol. The quantitative estimate of drug-likeness (QED) is 0.824. The maximum atomic E-state index is 11.7. The monoisotopic (exact) mass is 277 g/mol. The Hall–Kier alpha value is -1.95. The van der Waals surface area contributed by atoms with Crippen LogP contribution in [-0.2, 0) is 0 Å². The van der Waals surface area contributed by atoms with E-state index in [1.54, 1.807) is 17.5 Å². The number of nitrogens with one attached hydrogen (secondary N) is 1. The first-order valence-corrected chi connectivity index (χ1v) is 6.94. The summed E-state index contributed by atoms with van der Waals surface area (Å²) in [5, 5.41) is 8.07. The van der Waals surface area contributed by atoms with Crippen LogP contribution in [0.1, 0.15) is 30.3 Å². The van der Waals surface area contributed by atoms with Gasteiger partial charge in [-0.1, -0.05) is 17.8 Å². The molecule has 1 heterocycles. The molecule has 2 rings (SSSR count). The van der Waals surface area contributed by atoms with E-state index in [4.69, 9.17) is 4.74 Å². The first-order chi connectivity index (χ1) is 9.29. The summed E-state index contributed by atoms with van der Waals surface area (Å²) < 4.78 is 9.20. The van der Waals surface area contributed by atoms with Gasteiger partial charge < -0.3 is 10.1 Å². The second-order valence-electron chi connectivity index (χ2n) is 3.97. The summed E-state index contributed by atoms with van der Waals surface area (Å²) in [7, 11) is 0. The van der Waals surface area contributed by atoms with Gasteiger partial charge in [0, 0.05) is 11.1 Å². The Morgan fingerprint density at radius 1 is 1.37 bits per heavy atom. The van der Waals surface area contributed by atoms with Crippen LogP contribution in [0, 0.1) is 0 Å². The van der Waals surface area contributed by atoms with Gasteiger partial charge in [0.2, 0.25) is 0 Å². The molecule has 2 aromatic rings. The number of benzene rings is 1. The molecule has 0 aliphatic rings. The second-order valence-corrected chi connectivity index (χ2v) is 4.58. The van der Waals surface area contributed by atoms with Crippen LogP contribution in [0.5, 0.6) is 5.75 Å². The van der Waals surface area contributed by atoms with Gasteiger partial charge in [-0.05, 0) is 42.2 Å². The maximum Gasteiger partial charge on any atom is 0.277 e. The molecule has 100 valence electrons. The lowest BCUT2D eigenvalue weighted by Gasteiger charge is -2.07. The Kier molecular flexibility index (Phi) is 4.85. The van der Waals surface area contributed by atoms with Crippen LogP contribution in [0.2, 0.25) is 0 Å². The van der Waals surface area contributed by atoms with Crippen molar-refractivity contribution in [1.82, 2.24) is 9.59 Å². The maximum absolute atomic E-state index is 11.7. The summed E-state index contributed by atoms with van der Waals surface area (Å²) in [6.45, 7) is 2.84. The molecule has 0 aliphatic carbocycles. The molecule has 1 aromatic carbocycles. The first kappa shape index (κ1) is 13.5. The lowest BCUT2D eigenvalue weighted by molar-refractivity contribution is 0.102. The zero-order chi connectivity index (χ0) is 13.5. The van der Waals surface area contributed by atoms with Crippen molar-refractivity contribution in [2.45, 2.75) is 19.8 Å². The van der Waals surface area contributed by atoms with Crippen molar-refractivity contribution in [1.29, 1.82) is 0 Å². The predicted molar refractivity (Wildman–Crippen MR) is 74.7 cm³/mol. The number of nitrogens with zero attached hydrogens (tertiary/aromatic N) is 2. The third kappa shape index (κ3) is 4.03. The molecule has 0 atom stereocenters. The summed E-state index contributed by atoms with van der Waals surface area (Å²) in [5.41, 5.74) is 1.04. The molecule has 6 heteroatoms. The van der Waals surface area contributed by atoms with Crippen molar-refractivity contribution in [2.24, 2.45) is 0 Å². The van der Waals surface area contributed by atoms with Crippen LogP contribution in [0.15, 0.2) is 29.6 Å². The number of anilines is 1. The van der Waals surface area contributed by atoms with E-state index < -0.39 is 0 Å². The fraction of sp³-hybridized carbons (Fsp3) is 0.308. The number of hydrogen-bond donors (Lipinski definition) is 1. The molecule has 5 nitrogen and oxygen atoms in total. The minimum absolute atomic E-state index is 0.256. The average Bonchev–Trinajstić information content (AvgIpc) is 2.95. The number of rotatable bonds is 6. The summed E-state index contributed by atoms with van der Waals surface area (Å²) in [6.07, 6.45) is 2.14. The Labute approximate surface area is 115 Å². The van der Waals surface area contributed by atoms with E-state index in [1.807, 2.05) is 12.1 Å². The lowest BCUT2D eigenvalue weighted by Crippen LogP contribution is -2.12. The Morgan fingerprint density at radius 2 is 2.16 bits per heavy atom. The van der Waals surface area contributed by atoms with Crippen molar-refractivity contribution in [3.63, 3.8) is 0 Å². The van der Waals surface area contributed by atoms with E-state index in [0.717, 1.165) is 30.1 Å². The molecular weight excluding hydrogens is 262 g/mol. The molecular formula is C13H15N3O2S. The largest absolute Gasteiger partial charge is 0.494 e. The molecule has 0 aliphatic heterocycles. The van der Waals surface area contributed by atoms with E-state index >= 15 is 0 Å². The van der Waals surface area contributed by atoms with Gasteiger partial charge in [0.1, 0.15) is 5.75 Å². The number of amides is 1. The van der Waals surface area contributed by atoms with Crippen molar-refractivity contribution >= 4 is 23.1 Å². The fourth-order valence-electron chi connectivity index (χ4n) is 1.43. The zero-order valence-electron chi connectivity index (χ0n) is 10.6. The normalized spacial score (nSPS) is 10.2. The highest BCUT2D eigenvalue weighted by Crippen LogP contribution is 2.16. The number of hydrogen-bond acceptors (Lipinski definition) is 5. The number of unbranched alkanes of at least 4 members (excludes halogenated alkanes) is 1. The van der Waals surface area contributed by atoms with Crippen molar-refractivity contribution in [2.75, 3.05) is 11.9 Å². The number of aromatic nitrogens is 2. The highest BCUT2D eigenvalue weighted by molar-refractivity contribution is 7.03. The van der Waals surface area contributed by atoms with E-state index in [1.165, 1.54) is 0 Å². The van der Waals surface area contributed by atoms with Crippen molar-refractivity contribution in [3.8, 4) is 5.75 Å². The second kappa shape index (κ2) is 6.84. The Bertz CT molecular complexity index is 511. The van der Waals surface area contributed by atoms with Crippen LogP contribution in [0.3, 0.4) is 0 Å². The lowest BCUT2D eigenvalue weighted by atomic mass is 10.3. The van der Waals surface area contributed by atoms with Gasteiger partial charge in [0.15, 0.2) is 5.69 Å². The molecule has 0 saturated carbocycles. The highest BCUT2D eigenvalue weighted by atomic mass is 32.1. The third-order valence-electron chi connectivity index (χ3n) is 2.47.